The minimum atomic E-state index is -1.08. The van der Waals surface area contributed by atoms with E-state index < -0.39 is 35.6 Å². The maximum atomic E-state index is 14.3. The number of nitrogens with zero attached hydrogens (tertiary/aromatic N) is 1. The Balaban J connectivity index is 2.40. The Hall–Kier alpha value is -3.10. The summed E-state index contributed by atoms with van der Waals surface area (Å²) in [5.74, 6) is -1.24. The van der Waals surface area contributed by atoms with Gasteiger partial charge in [-0.3, -0.25) is 14.4 Å². The molecule has 9 nitrogen and oxygen atoms in total. The summed E-state index contributed by atoms with van der Waals surface area (Å²) >= 11 is 0. The molecule has 2 rings (SSSR count). The van der Waals surface area contributed by atoms with Gasteiger partial charge in [0, 0.05) is 19.0 Å². The number of rotatable bonds is 16. The highest BCUT2D eigenvalue weighted by Gasteiger charge is 2.36. The standard InChI is InChI=1S/C32H52N4O5/c1-5-6-7-8-9-16-23-36(30(39)26(21-22-27(33)37)35-31(40)41-32(2,3)4)28(24-17-12-10-13-18-24)29(38)34-25-19-14-11-15-20-25/h10,12-13,17-18,25-26,28H,5-9,11,14-16,19-23H2,1-4H3,(H2,33,37)(H,34,38)(H,35,40). The Morgan fingerprint density at radius 1 is 0.976 bits per heavy atom. The number of ether oxygens (including phenoxy) is 1. The molecule has 0 radical (unpaired) electrons. The van der Waals surface area contributed by atoms with Gasteiger partial charge < -0.3 is 26.0 Å². The number of hydrogen-bond donors (Lipinski definition) is 3. The van der Waals surface area contributed by atoms with Gasteiger partial charge in [-0.15, -0.1) is 0 Å². The lowest BCUT2D eigenvalue weighted by Crippen LogP contribution is -2.54. The summed E-state index contributed by atoms with van der Waals surface area (Å²) in [6.07, 6.45) is 10.4. The van der Waals surface area contributed by atoms with Gasteiger partial charge in [-0.25, -0.2) is 4.79 Å². The molecule has 0 bridgehead atoms. The molecule has 1 aliphatic carbocycles. The molecule has 1 aromatic rings. The number of primary amides is 1. The van der Waals surface area contributed by atoms with Gasteiger partial charge in [0.2, 0.25) is 17.7 Å². The number of nitrogens with two attached hydrogens (primary N) is 1. The average molecular weight is 573 g/mol. The highest BCUT2D eigenvalue weighted by atomic mass is 16.6. The SMILES string of the molecule is CCCCCCCCN(C(=O)C(CCC(N)=O)NC(=O)OC(C)(C)C)C(C(=O)NC1CCCCC1)c1ccccc1. The topological polar surface area (TPSA) is 131 Å². The minimum Gasteiger partial charge on any atom is -0.444 e. The number of hydrogen-bond acceptors (Lipinski definition) is 5. The zero-order chi connectivity index (χ0) is 30.3. The number of carbonyl (C=O) groups is 4. The second kappa shape index (κ2) is 17.7. The van der Waals surface area contributed by atoms with Crippen molar-refractivity contribution in [2.45, 2.75) is 135 Å². The van der Waals surface area contributed by atoms with Crippen molar-refractivity contribution in [2.75, 3.05) is 6.54 Å². The minimum absolute atomic E-state index is 0.00611. The van der Waals surface area contributed by atoms with E-state index in [2.05, 4.69) is 17.6 Å². The molecular weight excluding hydrogens is 520 g/mol. The Morgan fingerprint density at radius 2 is 1.61 bits per heavy atom. The molecule has 0 saturated heterocycles. The monoisotopic (exact) mass is 572 g/mol. The maximum Gasteiger partial charge on any atom is 0.408 e. The predicted molar refractivity (Wildman–Crippen MR) is 161 cm³/mol. The molecule has 230 valence electrons. The summed E-state index contributed by atoms with van der Waals surface area (Å²) in [5.41, 5.74) is 5.35. The van der Waals surface area contributed by atoms with Crippen molar-refractivity contribution >= 4 is 23.8 Å². The number of nitrogens with one attached hydrogen (secondary N) is 2. The van der Waals surface area contributed by atoms with Gasteiger partial charge in [0.25, 0.3) is 0 Å². The van der Waals surface area contributed by atoms with E-state index in [0.29, 0.717) is 18.5 Å². The van der Waals surface area contributed by atoms with Crippen molar-refractivity contribution in [3.63, 3.8) is 0 Å². The third-order valence-corrected chi connectivity index (χ3v) is 7.33. The van der Waals surface area contributed by atoms with E-state index in [1.54, 1.807) is 25.7 Å². The second-order valence-electron chi connectivity index (χ2n) is 12.2. The number of alkyl carbamates (subject to hydrolysis) is 1. The summed E-state index contributed by atoms with van der Waals surface area (Å²) in [6.45, 7) is 7.71. The third-order valence-electron chi connectivity index (χ3n) is 7.33. The fraction of sp³-hybridized carbons (Fsp3) is 0.688. The van der Waals surface area contributed by atoms with Crippen LogP contribution >= 0.6 is 0 Å². The summed E-state index contributed by atoms with van der Waals surface area (Å²) in [7, 11) is 0. The van der Waals surface area contributed by atoms with Gasteiger partial charge in [-0.05, 0) is 52.0 Å². The Labute approximate surface area is 246 Å². The highest BCUT2D eigenvalue weighted by Crippen LogP contribution is 2.26. The Morgan fingerprint density at radius 3 is 2.22 bits per heavy atom. The quantitative estimate of drug-likeness (QED) is 0.224. The lowest BCUT2D eigenvalue weighted by molar-refractivity contribution is -0.143. The summed E-state index contributed by atoms with van der Waals surface area (Å²) in [5, 5.41) is 5.88. The lowest BCUT2D eigenvalue weighted by atomic mass is 9.94. The van der Waals surface area contributed by atoms with Crippen molar-refractivity contribution in [1.29, 1.82) is 0 Å². The zero-order valence-corrected chi connectivity index (χ0v) is 25.6. The lowest BCUT2D eigenvalue weighted by Gasteiger charge is -2.36. The van der Waals surface area contributed by atoms with Crippen molar-refractivity contribution < 1.29 is 23.9 Å². The van der Waals surface area contributed by atoms with Crippen LogP contribution in [0.5, 0.6) is 0 Å². The molecule has 9 heteroatoms. The van der Waals surface area contributed by atoms with E-state index in [0.717, 1.165) is 64.2 Å². The van der Waals surface area contributed by atoms with Crippen LogP contribution < -0.4 is 16.4 Å². The summed E-state index contributed by atoms with van der Waals surface area (Å²) in [6, 6.07) is 7.40. The molecule has 2 unspecified atom stereocenters. The molecule has 1 aromatic carbocycles. The van der Waals surface area contributed by atoms with Crippen LogP contribution in [0.3, 0.4) is 0 Å². The fourth-order valence-electron chi connectivity index (χ4n) is 5.26. The molecule has 0 heterocycles. The number of unbranched alkanes of at least 4 members (excludes halogenated alkanes) is 5. The van der Waals surface area contributed by atoms with Crippen LogP contribution in [0, 0.1) is 0 Å². The van der Waals surface area contributed by atoms with Gasteiger partial charge >= 0.3 is 6.09 Å². The second-order valence-corrected chi connectivity index (χ2v) is 12.2. The van der Waals surface area contributed by atoms with Crippen molar-refractivity contribution in [1.82, 2.24) is 15.5 Å². The number of amides is 4. The van der Waals surface area contributed by atoms with Gasteiger partial charge in [0.15, 0.2) is 0 Å². The molecule has 1 aliphatic rings. The molecule has 41 heavy (non-hydrogen) atoms. The van der Waals surface area contributed by atoms with Crippen LogP contribution in [0.25, 0.3) is 0 Å². The van der Waals surface area contributed by atoms with E-state index in [9.17, 15) is 19.2 Å². The number of benzene rings is 1. The molecule has 2 atom stereocenters. The Bertz CT molecular complexity index is 957. The van der Waals surface area contributed by atoms with Crippen molar-refractivity contribution in [3.05, 3.63) is 35.9 Å². The predicted octanol–water partition coefficient (Wildman–Crippen LogP) is 5.52. The van der Waals surface area contributed by atoms with Gasteiger partial charge in [-0.2, -0.15) is 0 Å². The first-order chi connectivity index (χ1) is 19.5. The van der Waals surface area contributed by atoms with Crippen LogP contribution in [-0.4, -0.2) is 52.9 Å². The number of carbonyl (C=O) groups excluding carboxylic acids is 4. The maximum absolute atomic E-state index is 14.3. The normalized spacial score (nSPS) is 15.4. The smallest absolute Gasteiger partial charge is 0.408 e. The molecule has 1 fully saturated rings. The van der Waals surface area contributed by atoms with E-state index in [1.165, 1.54) is 0 Å². The van der Waals surface area contributed by atoms with E-state index in [1.807, 2.05) is 30.3 Å². The van der Waals surface area contributed by atoms with Crippen molar-refractivity contribution in [3.8, 4) is 0 Å². The zero-order valence-electron chi connectivity index (χ0n) is 25.6. The summed E-state index contributed by atoms with van der Waals surface area (Å²) < 4.78 is 5.42. The molecule has 0 aliphatic heterocycles. The van der Waals surface area contributed by atoms with Crippen LogP contribution in [0.2, 0.25) is 0 Å². The fourth-order valence-corrected chi connectivity index (χ4v) is 5.26. The van der Waals surface area contributed by atoms with E-state index in [4.69, 9.17) is 10.5 Å². The van der Waals surface area contributed by atoms with Gasteiger partial charge in [0.05, 0.1) is 0 Å². The van der Waals surface area contributed by atoms with Crippen molar-refractivity contribution in [2.24, 2.45) is 5.73 Å². The Kier molecular flexibility index (Phi) is 14.7. The molecule has 4 amide bonds. The van der Waals surface area contributed by atoms with Crippen LogP contribution in [-0.2, 0) is 19.1 Å². The first kappa shape index (κ1) is 34.1. The van der Waals surface area contributed by atoms with E-state index >= 15 is 0 Å². The molecule has 4 N–H and O–H groups in total. The molecule has 0 spiro atoms. The van der Waals surface area contributed by atoms with Crippen LogP contribution in [0.15, 0.2) is 30.3 Å². The highest BCUT2D eigenvalue weighted by molar-refractivity contribution is 5.92. The molecular formula is C32H52N4O5. The summed E-state index contributed by atoms with van der Waals surface area (Å²) in [4.78, 5) is 54.2. The third kappa shape index (κ3) is 13.0. The van der Waals surface area contributed by atoms with Gasteiger partial charge in [0.1, 0.15) is 17.7 Å². The average Bonchev–Trinajstić information content (AvgIpc) is 2.91. The first-order valence-electron chi connectivity index (χ1n) is 15.5. The molecule has 1 saturated carbocycles. The molecule has 0 aromatic heterocycles. The van der Waals surface area contributed by atoms with Crippen LogP contribution in [0.4, 0.5) is 4.79 Å². The van der Waals surface area contributed by atoms with Crippen LogP contribution in [0.1, 0.15) is 123 Å². The van der Waals surface area contributed by atoms with Gasteiger partial charge in [-0.1, -0.05) is 88.6 Å². The first-order valence-corrected chi connectivity index (χ1v) is 15.5. The largest absolute Gasteiger partial charge is 0.444 e. The van der Waals surface area contributed by atoms with E-state index in [-0.39, 0.29) is 24.8 Å².